The highest BCUT2D eigenvalue weighted by Crippen LogP contribution is 2.03. The SMILES string of the molecule is NC1CCNC1CF. The van der Waals surface area contributed by atoms with E-state index in [1.165, 1.54) is 0 Å². The van der Waals surface area contributed by atoms with Crippen LogP contribution in [-0.2, 0) is 0 Å². The molecular formula is C5H11FN2. The van der Waals surface area contributed by atoms with E-state index < -0.39 is 0 Å². The summed E-state index contributed by atoms with van der Waals surface area (Å²) < 4.78 is 11.8. The molecule has 1 heterocycles. The smallest absolute Gasteiger partial charge is 0.106 e. The van der Waals surface area contributed by atoms with Crippen molar-refractivity contribution in [1.29, 1.82) is 0 Å². The first kappa shape index (κ1) is 5.98. The van der Waals surface area contributed by atoms with Crippen LogP contribution in [-0.4, -0.2) is 25.3 Å². The predicted octanol–water partition coefficient (Wildman–Crippen LogP) is -0.355. The lowest BCUT2D eigenvalue weighted by Crippen LogP contribution is -2.37. The van der Waals surface area contributed by atoms with Crippen LogP contribution in [0.3, 0.4) is 0 Å². The van der Waals surface area contributed by atoms with Gasteiger partial charge in [0.05, 0.1) is 6.04 Å². The van der Waals surface area contributed by atoms with E-state index in [4.69, 9.17) is 5.73 Å². The predicted molar refractivity (Wildman–Crippen MR) is 30.4 cm³/mol. The van der Waals surface area contributed by atoms with E-state index in [1.54, 1.807) is 0 Å². The van der Waals surface area contributed by atoms with Gasteiger partial charge in [-0.1, -0.05) is 0 Å². The number of rotatable bonds is 1. The van der Waals surface area contributed by atoms with Gasteiger partial charge < -0.3 is 11.1 Å². The third-order valence-electron chi connectivity index (χ3n) is 1.57. The van der Waals surface area contributed by atoms with Crippen LogP contribution >= 0.6 is 0 Å². The van der Waals surface area contributed by atoms with Gasteiger partial charge in [0, 0.05) is 6.04 Å². The Labute approximate surface area is 48.2 Å². The largest absolute Gasteiger partial charge is 0.326 e. The second-order valence-corrected chi connectivity index (χ2v) is 2.17. The molecule has 1 saturated heterocycles. The Morgan fingerprint density at radius 2 is 2.50 bits per heavy atom. The van der Waals surface area contributed by atoms with Crippen LogP contribution in [0, 0.1) is 0 Å². The van der Waals surface area contributed by atoms with Crippen molar-refractivity contribution in [3.8, 4) is 0 Å². The molecule has 48 valence electrons. The molecule has 2 nitrogen and oxygen atoms in total. The summed E-state index contributed by atoms with van der Waals surface area (Å²) in [5, 5.41) is 2.96. The molecular weight excluding hydrogens is 107 g/mol. The Morgan fingerprint density at radius 3 is 2.75 bits per heavy atom. The molecule has 1 aliphatic rings. The quantitative estimate of drug-likeness (QED) is 0.493. The maximum absolute atomic E-state index is 11.8. The van der Waals surface area contributed by atoms with Gasteiger partial charge in [0.15, 0.2) is 0 Å². The molecule has 0 spiro atoms. The van der Waals surface area contributed by atoms with Crippen LogP contribution in [0.2, 0.25) is 0 Å². The molecule has 0 saturated carbocycles. The lowest BCUT2D eigenvalue weighted by Gasteiger charge is -2.08. The Kier molecular flexibility index (Phi) is 1.81. The first-order chi connectivity index (χ1) is 3.84. The van der Waals surface area contributed by atoms with Gasteiger partial charge in [-0.2, -0.15) is 0 Å². The van der Waals surface area contributed by atoms with Crippen LogP contribution in [0.15, 0.2) is 0 Å². The van der Waals surface area contributed by atoms with Gasteiger partial charge in [-0.25, -0.2) is 4.39 Å². The topological polar surface area (TPSA) is 38.0 Å². The molecule has 3 N–H and O–H groups in total. The molecule has 2 unspecified atom stereocenters. The van der Waals surface area contributed by atoms with Crippen LogP contribution in [0.1, 0.15) is 6.42 Å². The zero-order chi connectivity index (χ0) is 5.98. The van der Waals surface area contributed by atoms with Crippen molar-refractivity contribution in [3.05, 3.63) is 0 Å². The fourth-order valence-corrected chi connectivity index (χ4v) is 0.957. The third kappa shape index (κ3) is 0.980. The molecule has 0 aliphatic carbocycles. The number of hydrogen-bond donors (Lipinski definition) is 2. The highest BCUT2D eigenvalue weighted by atomic mass is 19.1. The summed E-state index contributed by atoms with van der Waals surface area (Å²) in [5.41, 5.74) is 5.49. The van der Waals surface area contributed by atoms with Crippen LogP contribution < -0.4 is 11.1 Å². The summed E-state index contributed by atoms with van der Waals surface area (Å²) in [6, 6.07) is -0.0324. The first-order valence-corrected chi connectivity index (χ1v) is 2.89. The number of alkyl halides is 1. The van der Waals surface area contributed by atoms with E-state index in [0.717, 1.165) is 13.0 Å². The van der Waals surface area contributed by atoms with Gasteiger partial charge >= 0.3 is 0 Å². The lowest BCUT2D eigenvalue weighted by atomic mass is 10.2. The Hall–Kier alpha value is -0.150. The monoisotopic (exact) mass is 118 g/mol. The summed E-state index contributed by atoms with van der Waals surface area (Å²) in [6.07, 6.45) is 0.911. The molecule has 8 heavy (non-hydrogen) atoms. The standard InChI is InChI=1S/C5H11FN2/c6-3-5-4(7)1-2-8-5/h4-5,8H,1-3,7H2. The van der Waals surface area contributed by atoms with E-state index in [-0.39, 0.29) is 18.8 Å². The van der Waals surface area contributed by atoms with Crippen molar-refractivity contribution in [3.63, 3.8) is 0 Å². The van der Waals surface area contributed by atoms with Crippen molar-refractivity contribution in [2.45, 2.75) is 18.5 Å². The molecule has 1 fully saturated rings. The van der Waals surface area contributed by atoms with E-state index in [2.05, 4.69) is 5.32 Å². The maximum Gasteiger partial charge on any atom is 0.106 e. The Morgan fingerprint density at radius 1 is 1.75 bits per heavy atom. The molecule has 0 bridgehead atoms. The average Bonchev–Trinajstić information content (AvgIpc) is 2.14. The van der Waals surface area contributed by atoms with E-state index in [9.17, 15) is 4.39 Å². The summed E-state index contributed by atoms with van der Waals surface area (Å²) >= 11 is 0. The minimum absolute atomic E-state index is 0.0417. The highest BCUT2D eigenvalue weighted by Gasteiger charge is 2.22. The summed E-state index contributed by atoms with van der Waals surface area (Å²) in [6.45, 7) is 0.539. The minimum Gasteiger partial charge on any atom is -0.326 e. The fourth-order valence-electron chi connectivity index (χ4n) is 0.957. The number of nitrogens with two attached hydrogens (primary N) is 1. The van der Waals surface area contributed by atoms with Crippen molar-refractivity contribution in [1.82, 2.24) is 5.32 Å². The van der Waals surface area contributed by atoms with Gasteiger partial charge in [0.1, 0.15) is 6.67 Å². The summed E-state index contributed by atoms with van der Waals surface area (Å²) in [5.74, 6) is 0. The summed E-state index contributed by atoms with van der Waals surface area (Å²) in [4.78, 5) is 0. The van der Waals surface area contributed by atoms with Crippen molar-refractivity contribution in [2.75, 3.05) is 13.2 Å². The van der Waals surface area contributed by atoms with Crippen molar-refractivity contribution < 1.29 is 4.39 Å². The molecule has 3 heteroatoms. The number of halogens is 1. The molecule has 1 rings (SSSR count). The van der Waals surface area contributed by atoms with E-state index in [0.29, 0.717) is 0 Å². The molecule has 1 aliphatic heterocycles. The average molecular weight is 118 g/mol. The van der Waals surface area contributed by atoms with Crippen molar-refractivity contribution >= 4 is 0 Å². The number of hydrogen-bond acceptors (Lipinski definition) is 2. The lowest BCUT2D eigenvalue weighted by molar-refractivity contribution is 0.384. The molecule has 0 aromatic rings. The molecule has 0 amide bonds. The zero-order valence-corrected chi connectivity index (χ0v) is 4.73. The molecule has 0 radical (unpaired) electrons. The summed E-state index contributed by atoms with van der Waals surface area (Å²) in [7, 11) is 0. The minimum atomic E-state index is -0.332. The first-order valence-electron chi connectivity index (χ1n) is 2.89. The normalized spacial score (nSPS) is 38.2. The Bertz CT molecular complexity index is 76.8. The van der Waals surface area contributed by atoms with Gasteiger partial charge in [0.25, 0.3) is 0 Å². The zero-order valence-electron chi connectivity index (χ0n) is 4.73. The highest BCUT2D eigenvalue weighted by molar-refractivity contribution is 4.85. The van der Waals surface area contributed by atoms with E-state index >= 15 is 0 Å². The van der Waals surface area contributed by atoms with Crippen LogP contribution in [0.25, 0.3) is 0 Å². The second kappa shape index (κ2) is 2.42. The van der Waals surface area contributed by atoms with Crippen molar-refractivity contribution in [2.24, 2.45) is 5.73 Å². The molecule has 0 aromatic heterocycles. The number of nitrogens with one attached hydrogen (secondary N) is 1. The van der Waals surface area contributed by atoms with Gasteiger partial charge in [-0.05, 0) is 13.0 Å². The van der Waals surface area contributed by atoms with E-state index in [1.807, 2.05) is 0 Å². The van der Waals surface area contributed by atoms with Gasteiger partial charge in [0.2, 0.25) is 0 Å². The van der Waals surface area contributed by atoms with Crippen LogP contribution in [0.5, 0.6) is 0 Å². The van der Waals surface area contributed by atoms with Crippen LogP contribution in [0.4, 0.5) is 4.39 Å². The third-order valence-corrected chi connectivity index (χ3v) is 1.57. The van der Waals surface area contributed by atoms with Gasteiger partial charge in [-0.3, -0.25) is 0 Å². The van der Waals surface area contributed by atoms with Gasteiger partial charge in [-0.15, -0.1) is 0 Å². The molecule has 2 atom stereocenters. The maximum atomic E-state index is 11.8. The Balaban J connectivity index is 2.30. The second-order valence-electron chi connectivity index (χ2n) is 2.17. The fraction of sp³-hybridized carbons (Fsp3) is 1.00. The molecule has 0 aromatic carbocycles.